The number of benzene rings is 1. The molecule has 0 bridgehead atoms. The molecular formula is C13H18ClNO2. The van der Waals surface area contributed by atoms with Crippen molar-refractivity contribution in [3.8, 4) is 5.75 Å². The van der Waals surface area contributed by atoms with Crippen LogP contribution in [-0.4, -0.2) is 17.9 Å². The lowest BCUT2D eigenvalue weighted by atomic mass is 10.1. The monoisotopic (exact) mass is 255 g/mol. The van der Waals surface area contributed by atoms with E-state index in [1.54, 1.807) is 6.92 Å². The van der Waals surface area contributed by atoms with E-state index in [2.05, 4.69) is 5.32 Å². The molecule has 0 radical (unpaired) electrons. The number of hydrogen-bond acceptors (Lipinski definition) is 2. The molecule has 1 unspecified atom stereocenters. The fourth-order valence-corrected chi connectivity index (χ4v) is 1.51. The lowest BCUT2D eigenvalue weighted by Crippen LogP contribution is -2.31. The average Bonchev–Trinajstić information content (AvgIpc) is 2.29. The predicted octanol–water partition coefficient (Wildman–Crippen LogP) is 2.89. The van der Waals surface area contributed by atoms with Crippen LogP contribution in [0.3, 0.4) is 0 Å². The van der Waals surface area contributed by atoms with Gasteiger partial charge in [-0.15, -0.1) is 11.6 Å². The second-order valence-electron chi connectivity index (χ2n) is 3.85. The molecule has 1 N–H and O–H groups in total. The van der Waals surface area contributed by atoms with Crippen LogP contribution in [0.25, 0.3) is 0 Å². The molecular weight excluding hydrogens is 238 g/mol. The summed E-state index contributed by atoms with van der Waals surface area (Å²) in [5.41, 5.74) is 1.00. The molecule has 0 heterocycles. The molecule has 0 aliphatic carbocycles. The van der Waals surface area contributed by atoms with E-state index >= 15 is 0 Å². The molecule has 0 aromatic heterocycles. The summed E-state index contributed by atoms with van der Waals surface area (Å²) in [6.07, 6.45) is 0. The van der Waals surface area contributed by atoms with Gasteiger partial charge in [0.25, 0.3) is 0 Å². The Labute approximate surface area is 107 Å². The van der Waals surface area contributed by atoms with E-state index < -0.39 is 5.38 Å². The molecule has 1 aromatic rings. The minimum atomic E-state index is -0.521. The Hall–Kier alpha value is -1.22. The lowest BCUT2D eigenvalue weighted by molar-refractivity contribution is -0.121. The first-order chi connectivity index (χ1) is 8.04. The van der Waals surface area contributed by atoms with E-state index in [9.17, 15) is 4.79 Å². The average molecular weight is 256 g/mol. The summed E-state index contributed by atoms with van der Waals surface area (Å²) >= 11 is 5.70. The van der Waals surface area contributed by atoms with E-state index in [1.807, 2.05) is 38.1 Å². The van der Waals surface area contributed by atoms with Crippen molar-refractivity contribution in [1.82, 2.24) is 5.32 Å². The number of alkyl halides is 1. The first-order valence-corrected chi connectivity index (χ1v) is 6.15. The molecule has 0 aliphatic heterocycles. The molecule has 1 aromatic carbocycles. The molecule has 0 fully saturated rings. The van der Waals surface area contributed by atoms with Crippen LogP contribution in [0.2, 0.25) is 0 Å². The zero-order chi connectivity index (χ0) is 12.8. The van der Waals surface area contributed by atoms with Gasteiger partial charge in [0.1, 0.15) is 11.1 Å². The Balaban J connectivity index is 2.71. The summed E-state index contributed by atoms with van der Waals surface area (Å²) in [6, 6.07) is 7.60. The van der Waals surface area contributed by atoms with Gasteiger partial charge in [0.15, 0.2) is 0 Å². The number of carbonyl (C=O) groups is 1. The van der Waals surface area contributed by atoms with Crippen LogP contribution in [-0.2, 0) is 4.79 Å². The van der Waals surface area contributed by atoms with Gasteiger partial charge in [-0.3, -0.25) is 4.79 Å². The summed E-state index contributed by atoms with van der Waals surface area (Å²) in [7, 11) is 0. The highest BCUT2D eigenvalue weighted by molar-refractivity contribution is 6.30. The van der Waals surface area contributed by atoms with Crippen LogP contribution in [0.1, 0.15) is 32.4 Å². The van der Waals surface area contributed by atoms with Gasteiger partial charge in [-0.2, -0.15) is 0 Å². The maximum atomic E-state index is 11.5. The van der Waals surface area contributed by atoms with Gasteiger partial charge < -0.3 is 10.1 Å². The Morgan fingerprint density at radius 3 is 2.76 bits per heavy atom. The molecule has 94 valence electrons. The number of rotatable bonds is 5. The molecule has 0 aliphatic rings. The summed E-state index contributed by atoms with van der Waals surface area (Å²) in [5.74, 6) is 0.644. The molecule has 3 nitrogen and oxygen atoms in total. The molecule has 4 heteroatoms. The second kappa shape index (κ2) is 6.50. The first kappa shape index (κ1) is 13.8. The lowest BCUT2D eigenvalue weighted by Gasteiger charge is -2.16. The van der Waals surface area contributed by atoms with Crippen molar-refractivity contribution < 1.29 is 9.53 Å². The van der Waals surface area contributed by atoms with Gasteiger partial charge >= 0.3 is 0 Å². The minimum absolute atomic E-state index is 0.0795. The third-order valence-electron chi connectivity index (χ3n) is 2.39. The van der Waals surface area contributed by atoms with Gasteiger partial charge in [-0.1, -0.05) is 12.1 Å². The third-order valence-corrected chi connectivity index (χ3v) is 2.59. The van der Waals surface area contributed by atoms with Crippen LogP contribution in [0, 0.1) is 0 Å². The predicted molar refractivity (Wildman–Crippen MR) is 69.5 cm³/mol. The van der Waals surface area contributed by atoms with Crippen molar-refractivity contribution in [3.63, 3.8) is 0 Å². The zero-order valence-electron chi connectivity index (χ0n) is 10.4. The second-order valence-corrected chi connectivity index (χ2v) is 4.51. The van der Waals surface area contributed by atoms with Crippen molar-refractivity contribution in [2.75, 3.05) is 6.61 Å². The van der Waals surface area contributed by atoms with E-state index in [4.69, 9.17) is 16.3 Å². The normalized spacial score (nSPS) is 13.9. The standard InChI is InChI=1S/C13H18ClNO2/c1-4-17-12-7-5-6-11(8-12)10(3)15-13(16)9(2)14/h5-10H,4H2,1-3H3,(H,15,16)/t9-,10?/m0/s1. The number of nitrogens with one attached hydrogen (secondary N) is 1. The van der Waals surface area contributed by atoms with E-state index in [1.165, 1.54) is 0 Å². The van der Waals surface area contributed by atoms with Gasteiger partial charge in [0.05, 0.1) is 12.6 Å². The molecule has 17 heavy (non-hydrogen) atoms. The third kappa shape index (κ3) is 4.27. The van der Waals surface area contributed by atoms with Crippen molar-refractivity contribution in [1.29, 1.82) is 0 Å². The van der Waals surface area contributed by atoms with Gasteiger partial charge in [-0.05, 0) is 38.5 Å². The van der Waals surface area contributed by atoms with E-state index in [0.717, 1.165) is 11.3 Å². The smallest absolute Gasteiger partial charge is 0.238 e. The topological polar surface area (TPSA) is 38.3 Å². The Bertz CT molecular complexity index is 379. The van der Waals surface area contributed by atoms with Crippen LogP contribution in [0.15, 0.2) is 24.3 Å². The molecule has 0 saturated heterocycles. The maximum absolute atomic E-state index is 11.5. The Morgan fingerprint density at radius 1 is 1.47 bits per heavy atom. The Kier molecular flexibility index (Phi) is 5.29. The molecule has 1 rings (SSSR count). The highest BCUT2D eigenvalue weighted by Gasteiger charge is 2.13. The molecule has 0 saturated carbocycles. The van der Waals surface area contributed by atoms with Crippen molar-refractivity contribution in [2.24, 2.45) is 0 Å². The van der Waals surface area contributed by atoms with Crippen LogP contribution < -0.4 is 10.1 Å². The fourth-order valence-electron chi connectivity index (χ4n) is 1.45. The van der Waals surface area contributed by atoms with Gasteiger partial charge in [0, 0.05) is 0 Å². The largest absolute Gasteiger partial charge is 0.494 e. The van der Waals surface area contributed by atoms with Crippen LogP contribution in [0.5, 0.6) is 5.75 Å². The number of hydrogen-bond donors (Lipinski definition) is 1. The van der Waals surface area contributed by atoms with E-state index in [-0.39, 0.29) is 11.9 Å². The maximum Gasteiger partial charge on any atom is 0.238 e. The molecule has 0 spiro atoms. The molecule has 1 amide bonds. The van der Waals surface area contributed by atoms with Crippen LogP contribution >= 0.6 is 11.6 Å². The number of amides is 1. The summed E-state index contributed by atoms with van der Waals surface area (Å²) < 4.78 is 5.41. The summed E-state index contributed by atoms with van der Waals surface area (Å²) in [6.45, 7) is 6.14. The minimum Gasteiger partial charge on any atom is -0.494 e. The highest BCUT2D eigenvalue weighted by atomic mass is 35.5. The fraction of sp³-hybridized carbons (Fsp3) is 0.462. The summed E-state index contributed by atoms with van der Waals surface area (Å²) in [5, 5.41) is 2.32. The molecule has 2 atom stereocenters. The van der Waals surface area contributed by atoms with E-state index in [0.29, 0.717) is 6.61 Å². The number of ether oxygens (including phenoxy) is 1. The van der Waals surface area contributed by atoms with Crippen molar-refractivity contribution in [3.05, 3.63) is 29.8 Å². The number of halogens is 1. The summed E-state index contributed by atoms with van der Waals surface area (Å²) in [4.78, 5) is 11.5. The zero-order valence-corrected chi connectivity index (χ0v) is 11.1. The quantitative estimate of drug-likeness (QED) is 0.822. The van der Waals surface area contributed by atoms with Crippen molar-refractivity contribution >= 4 is 17.5 Å². The SMILES string of the molecule is CCOc1cccc(C(C)NC(=O)[C@H](C)Cl)c1. The number of carbonyl (C=O) groups excluding carboxylic acids is 1. The van der Waals surface area contributed by atoms with Crippen LogP contribution in [0.4, 0.5) is 0 Å². The van der Waals surface area contributed by atoms with Gasteiger partial charge in [-0.25, -0.2) is 0 Å². The first-order valence-electron chi connectivity index (χ1n) is 5.71. The van der Waals surface area contributed by atoms with Gasteiger partial charge in [0.2, 0.25) is 5.91 Å². The highest BCUT2D eigenvalue weighted by Crippen LogP contribution is 2.19. The Morgan fingerprint density at radius 2 is 2.18 bits per heavy atom. The van der Waals surface area contributed by atoms with Crippen molar-refractivity contribution in [2.45, 2.75) is 32.2 Å².